The number of esters is 2. The van der Waals surface area contributed by atoms with Gasteiger partial charge in [0.25, 0.3) is 5.56 Å². The molecule has 0 spiro atoms. The van der Waals surface area contributed by atoms with Crippen LogP contribution in [0.25, 0.3) is 0 Å². The Labute approximate surface area is 219 Å². The van der Waals surface area contributed by atoms with E-state index in [9.17, 15) is 28.1 Å². The summed E-state index contributed by atoms with van der Waals surface area (Å²) in [5.74, 6) is -1.30. The minimum Gasteiger partial charge on any atom is -0.437 e. The van der Waals surface area contributed by atoms with E-state index in [1.54, 1.807) is 48.5 Å². The minimum absolute atomic E-state index is 0.167. The number of nitrogens with one attached hydrogen (secondary N) is 1. The molecule has 38 heavy (non-hydrogen) atoms. The lowest BCUT2D eigenvalue weighted by Gasteiger charge is -2.29. The van der Waals surface area contributed by atoms with E-state index in [1.165, 1.54) is 0 Å². The number of hydrogen-bond acceptors (Lipinski definition) is 11. The van der Waals surface area contributed by atoms with Gasteiger partial charge >= 0.3 is 25.5 Å². The maximum atomic E-state index is 15.0. The summed E-state index contributed by atoms with van der Waals surface area (Å²) in [4.78, 5) is 49.6. The number of carbonyl (C=O) groups is 2. The van der Waals surface area contributed by atoms with Crippen molar-refractivity contribution >= 4 is 19.8 Å². The smallest absolute Gasteiger partial charge is 0.437 e. The Hall–Kier alpha value is -2.38. The van der Waals surface area contributed by atoms with Crippen molar-refractivity contribution in [1.82, 2.24) is 9.55 Å². The normalized spacial score (nSPS) is 22.3. The molecule has 1 saturated heterocycles. The molecule has 216 valence electrons. The number of halogens is 1. The fourth-order valence-electron chi connectivity index (χ4n) is 3.15. The molecule has 3 atom stereocenters. The van der Waals surface area contributed by atoms with Crippen LogP contribution in [0.3, 0.4) is 0 Å². The zero-order chi connectivity index (χ0) is 28.9. The Kier molecular flexibility index (Phi) is 10.2. The summed E-state index contributed by atoms with van der Waals surface area (Å²) in [6.07, 6.45) is -2.04. The highest BCUT2D eigenvalue weighted by atomic mass is 31.2. The third-order valence-electron chi connectivity index (χ3n) is 5.53. The molecule has 1 N–H and O–H groups in total. The second-order valence-corrected chi connectivity index (χ2v) is 12.5. The molecule has 0 unspecified atom stereocenters. The Bertz CT molecular complexity index is 1120. The molecule has 0 aromatic carbocycles. The first-order valence-corrected chi connectivity index (χ1v) is 13.4. The topological polar surface area (TPSA) is 161 Å². The molecule has 2 heterocycles. The van der Waals surface area contributed by atoms with Crippen LogP contribution in [0.2, 0.25) is 0 Å². The average Bonchev–Trinajstić information content (AvgIpc) is 3.13. The molecule has 15 heteroatoms. The number of aromatic nitrogens is 2. The lowest BCUT2D eigenvalue weighted by molar-refractivity contribution is -0.164. The first-order chi connectivity index (χ1) is 17.4. The van der Waals surface area contributed by atoms with Crippen LogP contribution in [0.1, 0.15) is 67.5 Å². The van der Waals surface area contributed by atoms with Gasteiger partial charge in [0, 0.05) is 18.7 Å². The van der Waals surface area contributed by atoms with Crippen LogP contribution < -0.4 is 11.2 Å². The summed E-state index contributed by atoms with van der Waals surface area (Å²) in [6.45, 7) is 9.17. The molecule has 0 radical (unpaired) electrons. The van der Waals surface area contributed by atoms with Crippen LogP contribution in [0.15, 0.2) is 21.9 Å². The molecule has 1 aliphatic heterocycles. The second-order valence-electron chi connectivity index (χ2n) is 10.9. The zero-order valence-corrected chi connectivity index (χ0v) is 23.5. The fraction of sp³-hybridized carbons (Fsp3) is 0.739. The third kappa shape index (κ3) is 8.57. The van der Waals surface area contributed by atoms with Gasteiger partial charge in [0.2, 0.25) is 13.6 Å². The zero-order valence-electron chi connectivity index (χ0n) is 22.6. The van der Waals surface area contributed by atoms with Crippen LogP contribution in [0, 0.1) is 10.8 Å². The molecule has 0 bridgehead atoms. The largest absolute Gasteiger partial charge is 0.480 e. The molecule has 2 rings (SSSR count). The predicted octanol–water partition coefficient (Wildman–Crippen LogP) is 3.19. The van der Waals surface area contributed by atoms with Crippen molar-refractivity contribution in [3.8, 4) is 0 Å². The fourth-order valence-corrected chi connectivity index (χ4v) is 4.13. The van der Waals surface area contributed by atoms with Gasteiger partial charge in [-0.15, -0.1) is 0 Å². The van der Waals surface area contributed by atoms with Crippen LogP contribution in [0.5, 0.6) is 0 Å². The monoisotopic (exact) mass is 566 g/mol. The molecular weight excluding hydrogens is 530 g/mol. The highest BCUT2D eigenvalue weighted by Gasteiger charge is 2.49. The minimum atomic E-state index is -4.55. The van der Waals surface area contributed by atoms with Gasteiger partial charge in [-0.2, -0.15) is 0 Å². The van der Waals surface area contributed by atoms with E-state index in [4.69, 9.17) is 27.8 Å². The lowest BCUT2D eigenvalue weighted by atomic mass is 9.97. The van der Waals surface area contributed by atoms with Crippen molar-refractivity contribution in [3.05, 3.63) is 33.1 Å². The molecule has 1 aromatic heterocycles. The van der Waals surface area contributed by atoms with Crippen molar-refractivity contribution in [1.29, 1.82) is 0 Å². The van der Waals surface area contributed by atoms with Crippen molar-refractivity contribution in [3.63, 3.8) is 0 Å². The summed E-state index contributed by atoms with van der Waals surface area (Å²) < 4.78 is 60.6. The number of alkyl halides is 1. The van der Waals surface area contributed by atoms with Gasteiger partial charge in [0.15, 0.2) is 6.23 Å². The average molecular weight is 567 g/mol. The number of carbonyl (C=O) groups excluding carboxylic acids is 2. The van der Waals surface area contributed by atoms with Crippen molar-refractivity contribution in [2.45, 2.75) is 79.3 Å². The second kappa shape index (κ2) is 12.2. The summed E-state index contributed by atoms with van der Waals surface area (Å²) in [5, 5.41) is 0. The highest BCUT2D eigenvalue weighted by Crippen LogP contribution is 2.52. The predicted molar refractivity (Wildman–Crippen MR) is 131 cm³/mol. The molecule has 0 aliphatic carbocycles. The van der Waals surface area contributed by atoms with Gasteiger partial charge in [-0.25, -0.2) is 22.8 Å². The molecule has 0 amide bonds. The van der Waals surface area contributed by atoms with Gasteiger partial charge in [0.05, 0.1) is 23.0 Å². The SMILES string of the molecule is CC[C@@]1(COP(=O)(OCOC(=O)C(C)(C)C)OCOC(=O)C(C)(C)C)C[C@@H](F)[C@H](n2ccc(=O)[nH]c2=O)O1. The Balaban J connectivity index is 2.16. The van der Waals surface area contributed by atoms with E-state index in [2.05, 4.69) is 0 Å². The van der Waals surface area contributed by atoms with Gasteiger partial charge < -0.3 is 14.2 Å². The number of rotatable bonds is 11. The van der Waals surface area contributed by atoms with Crippen molar-refractivity contribution in [2.24, 2.45) is 10.8 Å². The number of phosphoric acid groups is 1. The summed E-state index contributed by atoms with van der Waals surface area (Å²) >= 11 is 0. The standard InChI is InChI=1S/C23H36FN2O11P/c1-8-23(11-15(24)17(37-23)26-10-9-16(27)25-20(26)30)12-34-38(31,35-13-32-18(28)21(2,3)4)36-14-33-19(29)22(5,6)7/h9-10,15,17H,8,11-14H2,1-7H3,(H,25,27,30)/t15-,17-,23+/m1/s1. The summed E-state index contributed by atoms with van der Waals surface area (Å²) in [5.41, 5.74) is -4.62. The van der Waals surface area contributed by atoms with Gasteiger partial charge in [0.1, 0.15) is 6.17 Å². The van der Waals surface area contributed by atoms with Gasteiger partial charge in [-0.1, -0.05) is 6.92 Å². The maximum absolute atomic E-state index is 15.0. The molecule has 13 nitrogen and oxygen atoms in total. The molecule has 1 fully saturated rings. The van der Waals surface area contributed by atoms with Crippen molar-refractivity contribution in [2.75, 3.05) is 20.2 Å². The molecule has 1 aliphatic rings. The van der Waals surface area contributed by atoms with Crippen LogP contribution in [-0.2, 0) is 41.9 Å². The van der Waals surface area contributed by atoms with E-state index >= 15 is 0 Å². The lowest BCUT2D eigenvalue weighted by Crippen LogP contribution is -2.36. The Morgan fingerprint density at radius 2 is 1.61 bits per heavy atom. The maximum Gasteiger partial charge on any atom is 0.480 e. The van der Waals surface area contributed by atoms with Gasteiger partial charge in [-0.3, -0.25) is 28.5 Å². The van der Waals surface area contributed by atoms with Crippen molar-refractivity contribution < 1.29 is 46.3 Å². The number of nitrogens with zero attached hydrogens (tertiary/aromatic N) is 1. The number of H-pyrrole nitrogens is 1. The van der Waals surface area contributed by atoms with Crippen LogP contribution in [0.4, 0.5) is 4.39 Å². The van der Waals surface area contributed by atoms with Gasteiger partial charge in [-0.05, 0) is 48.0 Å². The number of aromatic amines is 1. The van der Waals surface area contributed by atoms with Crippen LogP contribution >= 0.6 is 7.82 Å². The molecule has 0 saturated carbocycles. The number of phosphoric ester groups is 1. The van der Waals surface area contributed by atoms with E-state index in [-0.39, 0.29) is 12.8 Å². The van der Waals surface area contributed by atoms with E-state index in [0.717, 1.165) is 16.8 Å². The third-order valence-corrected chi connectivity index (χ3v) is 6.82. The highest BCUT2D eigenvalue weighted by molar-refractivity contribution is 7.48. The van der Waals surface area contributed by atoms with E-state index < -0.39 is 80.0 Å². The first kappa shape index (κ1) is 31.8. The number of ether oxygens (including phenoxy) is 3. The first-order valence-electron chi connectivity index (χ1n) is 11.9. The Morgan fingerprint density at radius 3 is 2.05 bits per heavy atom. The van der Waals surface area contributed by atoms with E-state index in [0.29, 0.717) is 0 Å². The molecular formula is C23H36FN2O11P. The van der Waals surface area contributed by atoms with Crippen LogP contribution in [-0.4, -0.2) is 53.5 Å². The quantitative estimate of drug-likeness (QED) is 0.238. The van der Waals surface area contributed by atoms with E-state index in [1.807, 2.05) is 4.98 Å². The molecule has 1 aromatic rings. The summed E-state index contributed by atoms with van der Waals surface area (Å²) in [7, 11) is -4.55. The summed E-state index contributed by atoms with van der Waals surface area (Å²) in [6, 6.07) is 1.05. The number of hydrogen-bond donors (Lipinski definition) is 1. The Morgan fingerprint density at radius 1 is 1.08 bits per heavy atom.